The summed E-state index contributed by atoms with van der Waals surface area (Å²) in [7, 11) is 0. The summed E-state index contributed by atoms with van der Waals surface area (Å²) in [6.07, 6.45) is 4.15. The molecule has 1 aliphatic rings. The quantitative estimate of drug-likeness (QED) is 0.261. The Labute approximate surface area is 113 Å². The highest BCUT2D eigenvalue weighted by Gasteiger charge is 2.23. The van der Waals surface area contributed by atoms with Crippen LogP contribution in [0.25, 0.3) is 0 Å². The topological polar surface area (TPSA) is 65.1 Å². The first kappa shape index (κ1) is 15.4. The fourth-order valence-corrected chi connectivity index (χ4v) is 1.37. The summed E-state index contributed by atoms with van der Waals surface area (Å²) in [5, 5.41) is 0. The van der Waals surface area contributed by atoms with Crippen LogP contribution in [0.5, 0.6) is 0 Å². The van der Waals surface area contributed by atoms with Crippen LogP contribution >= 0.6 is 0 Å². The predicted octanol–water partition coefficient (Wildman–Crippen LogP) is 1.77. The molecule has 0 N–H and O–H groups in total. The molecule has 1 saturated heterocycles. The Bertz CT molecular complexity index is 344. The number of rotatable bonds is 10. The molecule has 0 bridgehead atoms. The third kappa shape index (κ3) is 7.41. The smallest absolute Gasteiger partial charge is 0.333 e. The molecule has 5 heteroatoms. The van der Waals surface area contributed by atoms with Crippen molar-refractivity contribution in [1.82, 2.24) is 0 Å². The molecule has 0 radical (unpaired) electrons. The van der Waals surface area contributed by atoms with E-state index in [4.69, 9.17) is 14.2 Å². The van der Waals surface area contributed by atoms with Crippen LogP contribution < -0.4 is 0 Å². The van der Waals surface area contributed by atoms with E-state index in [1.54, 1.807) is 0 Å². The monoisotopic (exact) mass is 268 g/mol. The van der Waals surface area contributed by atoms with Crippen LogP contribution in [0.4, 0.5) is 0 Å². The van der Waals surface area contributed by atoms with E-state index in [2.05, 4.69) is 13.2 Å². The molecule has 5 nitrogen and oxygen atoms in total. The van der Waals surface area contributed by atoms with Crippen LogP contribution in [0.3, 0.4) is 0 Å². The van der Waals surface area contributed by atoms with Crippen molar-refractivity contribution in [3.05, 3.63) is 24.8 Å². The van der Waals surface area contributed by atoms with Gasteiger partial charge in [0.1, 0.15) is 0 Å². The molecule has 0 saturated carbocycles. The van der Waals surface area contributed by atoms with Crippen molar-refractivity contribution in [2.24, 2.45) is 0 Å². The largest absolute Gasteiger partial charge is 0.463 e. The minimum absolute atomic E-state index is 0.295. The zero-order valence-corrected chi connectivity index (χ0v) is 11.1. The highest BCUT2D eigenvalue weighted by Crippen LogP contribution is 2.18. The maximum absolute atomic E-state index is 11.5. The van der Waals surface area contributed by atoms with Gasteiger partial charge in [0.05, 0.1) is 25.9 Å². The van der Waals surface area contributed by atoms with E-state index in [0.717, 1.165) is 19.1 Å². The number of hydrogen-bond acceptors (Lipinski definition) is 5. The fourth-order valence-electron chi connectivity index (χ4n) is 1.37. The van der Waals surface area contributed by atoms with Gasteiger partial charge in [0.15, 0.2) is 0 Å². The Morgan fingerprint density at radius 2 is 1.89 bits per heavy atom. The molecule has 0 aromatic heterocycles. The molecule has 1 aliphatic heterocycles. The molecule has 1 rings (SSSR count). The van der Waals surface area contributed by atoms with E-state index in [0.29, 0.717) is 44.2 Å². The number of unbranched alkanes of at least 4 members (excludes halogenated alkanes) is 1. The minimum atomic E-state index is -0.437. The van der Waals surface area contributed by atoms with E-state index in [-0.39, 0.29) is 5.97 Å². The average molecular weight is 268 g/mol. The molecule has 0 spiro atoms. The summed E-state index contributed by atoms with van der Waals surface area (Å²) >= 11 is 0. The second-order valence-corrected chi connectivity index (χ2v) is 4.31. The van der Waals surface area contributed by atoms with Crippen LogP contribution in [0.15, 0.2) is 24.8 Å². The number of epoxide rings is 1. The van der Waals surface area contributed by atoms with Crippen molar-refractivity contribution in [2.75, 3.05) is 19.8 Å². The van der Waals surface area contributed by atoms with Crippen molar-refractivity contribution in [1.29, 1.82) is 0 Å². The van der Waals surface area contributed by atoms with Crippen LogP contribution in [-0.2, 0) is 23.8 Å². The molecular weight excluding hydrogens is 248 g/mol. The Kier molecular flexibility index (Phi) is 6.89. The number of carbonyl (C=O) groups excluding carboxylic acids is 2. The summed E-state index contributed by atoms with van der Waals surface area (Å²) in [6.45, 7) is 8.38. The molecule has 1 fully saturated rings. The molecule has 1 atom stereocenters. The maximum Gasteiger partial charge on any atom is 0.333 e. The van der Waals surface area contributed by atoms with Gasteiger partial charge in [-0.15, -0.1) is 0 Å². The number of hydrogen-bond donors (Lipinski definition) is 0. The van der Waals surface area contributed by atoms with E-state index in [1.165, 1.54) is 0 Å². The fraction of sp³-hybridized carbons (Fsp3) is 0.571. The van der Waals surface area contributed by atoms with Crippen molar-refractivity contribution in [3.8, 4) is 0 Å². The summed E-state index contributed by atoms with van der Waals surface area (Å²) < 4.78 is 14.9. The molecule has 19 heavy (non-hydrogen) atoms. The lowest BCUT2D eigenvalue weighted by atomic mass is 10.1. The van der Waals surface area contributed by atoms with Gasteiger partial charge in [-0.25, -0.2) is 9.59 Å². The summed E-state index contributed by atoms with van der Waals surface area (Å²) in [4.78, 5) is 22.2. The Balaban J connectivity index is 1.95. The number of esters is 2. The molecule has 0 aliphatic carbocycles. The summed E-state index contributed by atoms with van der Waals surface area (Å²) in [5.74, 6) is -0.795. The standard InChI is InChI=1S/C14H20O5/c1-3-13(15)17-8-4-5-9-18-14(16)11(2)6-7-12-10-19-12/h3,12H,1-2,4-10H2. The van der Waals surface area contributed by atoms with Crippen molar-refractivity contribution in [2.45, 2.75) is 31.8 Å². The predicted molar refractivity (Wildman–Crippen MR) is 69.5 cm³/mol. The lowest BCUT2D eigenvalue weighted by Crippen LogP contribution is -2.10. The van der Waals surface area contributed by atoms with Crippen molar-refractivity contribution >= 4 is 11.9 Å². The van der Waals surface area contributed by atoms with Crippen molar-refractivity contribution < 1.29 is 23.8 Å². The first-order valence-electron chi connectivity index (χ1n) is 6.39. The van der Waals surface area contributed by atoms with Gasteiger partial charge in [-0.1, -0.05) is 13.2 Å². The summed E-state index contributed by atoms with van der Waals surface area (Å²) in [5.41, 5.74) is 0.480. The van der Waals surface area contributed by atoms with E-state index in [9.17, 15) is 9.59 Å². The summed E-state index contributed by atoms with van der Waals surface area (Å²) in [6, 6.07) is 0. The molecule has 1 unspecified atom stereocenters. The molecule has 0 aromatic rings. The van der Waals surface area contributed by atoms with Gasteiger partial charge in [0.2, 0.25) is 0 Å². The van der Waals surface area contributed by atoms with Gasteiger partial charge < -0.3 is 14.2 Å². The average Bonchev–Trinajstić information content (AvgIpc) is 3.23. The Hall–Kier alpha value is -1.62. The number of carbonyl (C=O) groups is 2. The van der Waals surface area contributed by atoms with Gasteiger partial charge in [0.25, 0.3) is 0 Å². The van der Waals surface area contributed by atoms with Gasteiger partial charge >= 0.3 is 11.9 Å². The molecule has 1 heterocycles. The zero-order valence-electron chi connectivity index (χ0n) is 11.1. The van der Waals surface area contributed by atoms with Gasteiger partial charge in [-0.3, -0.25) is 0 Å². The third-order valence-corrected chi connectivity index (χ3v) is 2.64. The lowest BCUT2D eigenvalue weighted by Gasteiger charge is -2.06. The first-order valence-corrected chi connectivity index (χ1v) is 6.39. The van der Waals surface area contributed by atoms with Crippen LogP contribution in [0.2, 0.25) is 0 Å². The van der Waals surface area contributed by atoms with Gasteiger partial charge in [0, 0.05) is 11.6 Å². The zero-order chi connectivity index (χ0) is 14.1. The van der Waals surface area contributed by atoms with Gasteiger partial charge in [-0.05, 0) is 25.7 Å². The molecule has 0 amide bonds. The normalized spacial score (nSPS) is 16.5. The molecule has 0 aromatic carbocycles. The van der Waals surface area contributed by atoms with E-state index in [1.807, 2.05) is 0 Å². The van der Waals surface area contributed by atoms with E-state index < -0.39 is 5.97 Å². The third-order valence-electron chi connectivity index (χ3n) is 2.64. The Morgan fingerprint density at radius 3 is 2.47 bits per heavy atom. The first-order chi connectivity index (χ1) is 9.13. The van der Waals surface area contributed by atoms with Crippen molar-refractivity contribution in [3.63, 3.8) is 0 Å². The number of ether oxygens (including phenoxy) is 3. The minimum Gasteiger partial charge on any atom is -0.463 e. The molecular formula is C14H20O5. The van der Waals surface area contributed by atoms with Crippen LogP contribution in [-0.4, -0.2) is 37.9 Å². The van der Waals surface area contributed by atoms with Crippen LogP contribution in [0.1, 0.15) is 25.7 Å². The second kappa shape index (κ2) is 8.48. The highest BCUT2D eigenvalue weighted by molar-refractivity contribution is 5.87. The molecule has 106 valence electrons. The second-order valence-electron chi connectivity index (χ2n) is 4.31. The SMILES string of the molecule is C=CC(=O)OCCCCOC(=O)C(=C)CCC1CO1. The maximum atomic E-state index is 11.5. The van der Waals surface area contributed by atoms with E-state index >= 15 is 0 Å². The Morgan fingerprint density at radius 1 is 1.26 bits per heavy atom. The highest BCUT2D eigenvalue weighted by atomic mass is 16.6. The van der Waals surface area contributed by atoms with Crippen LogP contribution in [0, 0.1) is 0 Å². The van der Waals surface area contributed by atoms with Gasteiger partial charge in [-0.2, -0.15) is 0 Å². The lowest BCUT2D eigenvalue weighted by molar-refractivity contribution is -0.141.